The Kier molecular flexibility index (Phi) is 3.35. The van der Waals surface area contributed by atoms with E-state index in [1.165, 1.54) is 37.7 Å². The molecule has 4 aliphatic rings. The molecule has 0 spiro atoms. The van der Waals surface area contributed by atoms with Gasteiger partial charge in [-0.05, 0) is 85.5 Å². The van der Waals surface area contributed by atoms with Gasteiger partial charge in [0.15, 0.2) is 5.78 Å². The molecule has 0 aromatic rings. The highest BCUT2D eigenvalue weighted by molar-refractivity contribution is 5.91. The summed E-state index contributed by atoms with van der Waals surface area (Å²) in [5.74, 6) is 3.28. The number of aliphatic hydroxyl groups excluding tert-OH is 1. The lowest BCUT2D eigenvalue weighted by atomic mass is 9.47. The Morgan fingerprint density at radius 3 is 2.68 bits per heavy atom. The average Bonchev–Trinajstić information content (AvgIpc) is 2.84. The molecule has 0 aliphatic heterocycles. The number of carbonyl (C=O) groups is 1. The van der Waals surface area contributed by atoms with Crippen molar-refractivity contribution in [1.29, 1.82) is 0 Å². The smallest absolute Gasteiger partial charge is 0.155 e. The molecule has 3 fully saturated rings. The van der Waals surface area contributed by atoms with E-state index in [9.17, 15) is 9.90 Å². The standard InChI is InChI=1S/C20H30O2/c1-19-9-7-15(22)11-13(19)3-5-16-17-6-4-14(12-21)20(17,2)10-8-18(16)19/h11,14,16-18,21H,3-10,12H2,1-2H3. The molecule has 3 saturated carbocycles. The van der Waals surface area contributed by atoms with Crippen molar-refractivity contribution in [3.05, 3.63) is 11.6 Å². The average molecular weight is 302 g/mol. The number of ketones is 1. The summed E-state index contributed by atoms with van der Waals surface area (Å²) >= 11 is 0. The Bertz CT molecular complexity index is 522. The van der Waals surface area contributed by atoms with Crippen LogP contribution in [0.25, 0.3) is 0 Å². The topological polar surface area (TPSA) is 37.3 Å². The third-order valence-electron chi connectivity index (χ3n) is 8.38. The minimum absolute atomic E-state index is 0.287. The van der Waals surface area contributed by atoms with Crippen LogP contribution < -0.4 is 0 Å². The SMILES string of the molecule is CC12CCC(=O)C=C1CCC1C2CCC2(C)C(CO)CCC12. The van der Waals surface area contributed by atoms with Crippen molar-refractivity contribution in [3.63, 3.8) is 0 Å². The molecule has 6 atom stereocenters. The summed E-state index contributed by atoms with van der Waals surface area (Å²) in [6, 6.07) is 0. The summed E-state index contributed by atoms with van der Waals surface area (Å²) < 4.78 is 0. The molecule has 0 amide bonds. The predicted molar refractivity (Wildman–Crippen MR) is 87.3 cm³/mol. The van der Waals surface area contributed by atoms with E-state index in [1.54, 1.807) is 0 Å². The van der Waals surface area contributed by atoms with Crippen molar-refractivity contribution in [2.24, 2.45) is 34.5 Å². The Morgan fingerprint density at radius 1 is 1.09 bits per heavy atom. The maximum Gasteiger partial charge on any atom is 0.155 e. The van der Waals surface area contributed by atoms with Crippen LogP contribution in [0.3, 0.4) is 0 Å². The van der Waals surface area contributed by atoms with E-state index in [2.05, 4.69) is 13.8 Å². The lowest BCUT2D eigenvalue weighted by Gasteiger charge is -2.58. The van der Waals surface area contributed by atoms with E-state index in [4.69, 9.17) is 0 Å². The van der Waals surface area contributed by atoms with Crippen molar-refractivity contribution < 1.29 is 9.90 Å². The first kappa shape index (κ1) is 14.9. The quantitative estimate of drug-likeness (QED) is 0.791. The normalized spacial score (nSPS) is 50.9. The third kappa shape index (κ3) is 1.85. The Morgan fingerprint density at radius 2 is 1.91 bits per heavy atom. The summed E-state index contributed by atoms with van der Waals surface area (Å²) in [5, 5.41) is 9.79. The number of rotatable bonds is 1. The zero-order valence-electron chi connectivity index (χ0n) is 14.1. The van der Waals surface area contributed by atoms with Crippen LogP contribution in [0.15, 0.2) is 11.6 Å². The molecule has 0 heterocycles. The highest BCUT2D eigenvalue weighted by atomic mass is 16.3. The molecule has 2 nitrogen and oxygen atoms in total. The van der Waals surface area contributed by atoms with Gasteiger partial charge in [0, 0.05) is 13.0 Å². The first-order valence-electron chi connectivity index (χ1n) is 9.34. The van der Waals surface area contributed by atoms with Crippen LogP contribution >= 0.6 is 0 Å². The number of carbonyl (C=O) groups excluding carboxylic acids is 1. The lowest BCUT2D eigenvalue weighted by molar-refractivity contribution is -0.117. The summed E-state index contributed by atoms with van der Waals surface area (Å²) in [5.41, 5.74) is 2.12. The minimum Gasteiger partial charge on any atom is -0.396 e. The van der Waals surface area contributed by atoms with Crippen molar-refractivity contribution in [3.8, 4) is 0 Å². The molecule has 0 bridgehead atoms. The molecule has 2 heteroatoms. The first-order valence-corrected chi connectivity index (χ1v) is 9.34. The molecule has 6 unspecified atom stereocenters. The van der Waals surface area contributed by atoms with E-state index in [-0.39, 0.29) is 5.41 Å². The minimum atomic E-state index is 0.287. The van der Waals surface area contributed by atoms with Crippen LogP contribution in [-0.2, 0) is 4.79 Å². The van der Waals surface area contributed by atoms with Gasteiger partial charge < -0.3 is 5.11 Å². The number of hydrogen-bond acceptors (Lipinski definition) is 2. The van der Waals surface area contributed by atoms with Gasteiger partial charge in [-0.3, -0.25) is 4.79 Å². The van der Waals surface area contributed by atoms with Gasteiger partial charge in [-0.25, -0.2) is 0 Å². The fourth-order valence-electron chi connectivity index (χ4n) is 6.97. The zero-order chi connectivity index (χ0) is 15.5. The Hall–Kier alpha value is -0.630. The van der Waals surface area contributed by atoms with Crippen molar-refractivity contribution in [1.82, 2.24) is 0 Å². The molecule has 4 rings (SSSR count). The molecule has 1 N–H and O–H groups in total. The molecule has 0 aromatic heterocycles. The number of fused-ring (bicyclic) bond motifs is 5. The summed E-state index contributed by atoms with van der Waals surface area (Å²) in [6.07, 6.45) is 11.4. The maximum atomic E-state index is 11.8. The van der Waals surface area contributed by atoms with E-state index in [0.29, 0.717) is 23.7 Å². The van der Waals surface area contributed by atoms with Gasteiger partial charge in [-0.15, -0.1) is 0 Å². The molecule has 22 heavy (non-hydrogen) atoms. The Labute approximate surface area is 134 Å². The van der Waals surface area contributed by atoms with Gasteiger partial charge in [0.2, 0.25) is 0 Å². The lowest BCUT2D eigenvalue weighted by Crippen LogP contribution is -2.50. The number of allylic oxidation sites excluding steroid dienone is 1. The molecule has 0 saturated heterocycles. The highest BCUT2D eigenvalue weighted by Gasteiger charge is 2.58. The van der Waals surface area contributed by atoms with Crippen LogP contribution in [0.4, 0.5) is 0 Å². The van der Waals surface area contributed by atoms with Gasteiger partial charge >= 0.3 is 0 Å². The van der Waals surface area contributed by atoms with Gasteiger partial charge in [-0.1, -0.05) is 19.4 Å². The molecule has 122 valence electrons. The van der Waals surface area contributed by atoms with E-state index in [0.717, 1.165) is 37.0 Å². The van der Waals surface area contributed by atoms with E-state index >= 15 is 0 Å². The first-order chi connectivity index (χ1) is 10.5. The monoisotopic (exact) mass is 302 g/mol. The van der Waals surface area contributed by atoms with E-state index < -0.39 is 0 Å². The third-order valence-corrected chi connectivity index (χ3v) is 8.38. The zero-order valence-corrected chi connectivity index (χ0v) is 14.1. The van der Waals surface area contributed by atoms with Gasteiger partial charge in [0.05, 0.1) is 0 Å². The fourth-order valence-corrected chi connectivity index (χ4v) is 6.97. The molecule has 4 aliphatic carbocycles. The maximum absolute atomic E-state index is 11.8. The van der Waals surface area contributed by atoms with Crippen molar-refractivity contribution >= 4 is 5.78 Å². The fraction of sp³-hybridized carbons (Fsp3) is 0.850. The molecule has 0 aromatic carbocycles. The molecular weight excluding hydrogens is 272 g/mol. The van der Waals surface area contributed by atoms with Crippen molar-refractivity contribution in [2.45, 2.75) is 65.2 Å². The van der Waals surface area contributed by atoms with Crippen LogP contribution in [0, 0.1) is 34.5 Å². The number of hydrogen-bond donors (Lipinski definition) is 1. The summed E-state index contributed by atoms with van der Waals surface area (Å²) in [7, 11) is 0. The second-order valence-electron chi connectivity index (χ2n) is 8.97. The summed E-state index contributed by atoms with van der Waals surface area (Å²) in [6.45, 7) is 5.28. The largest absolute Gasteiger partial charge is 0.396 e. The van der Waals surface area contributed by atoms with Gasteiger partial charge in [-0.2, -0.15) is 0 Å². The van der Waals surface area contributed by atoms with Gasteiger partial charge in [0.25, 0.3) is 0 Å². The highest BCUT2D eigenvalue weighted by Crippen LogP contribution is 2.66. The van der Waals surface area contributed by atoms with Crippen LogP contribution in [0.5, 0.6) is 0 Å². The van der Waals surface area contributed by atoms with Crippen molar-refractivity contribution in [2.75, 3.05) is 6.61 Å². The van der Waals surface area contributed by atoms with Gasteiger partial charge in [0.1, 0.15) is 0 Å². The van der Waals surface area contributed by atoms with E-state index in [1.807, 2.05) is 6.08 Å². The number of aliphatic hydroxyl groups is 1. The Balaban J connectivity index is 1.67. The molecular formula is C20H30O2. The molecule has 0 radical (unpaired) electrons. The van der Waals surface area contributed by atoms with Crippen LogP contribution in [0.2, 0.25) is 0 Å². The van der Waals surface area contributed by atoms with Crippen LogP contribution in [0.1, 0.15) is 65.2 Å². The predicted octanol–water partition coefficient (Wildman–Crippen LogP) is 4.13. The second-order valence-corrected chi connectivity index (χ2v) is 8.97. The second kappa shape index (κ2) is 4.93. The summed E-state index contributed by atoms with van der Waals surface area (Å²) in [4.78, 5) is 11.8. The van der Waals surface area contributed by atoms with Crippen LogP contribution in [-0.4, -0.2) is 17.5 Å².